The van der Waals surface area contributed by atoms with Crippen LogP contribution in [0.5, 0.6) is 0 Å². The van der Waals surface area contributed by atoms with Crippen molar-refractivity contribution in [3.8, 4) is 0 Å². The second-order valence-corrected chi connectivity index (χ2v) is 5.04. The minimum atomic E-state index is -0.823. The summed E-state index contributed by atoms with van der Waals surface area (Å²) < 4.78 is 0. The van der Waals surface area contributed by atoms with Crippen molar-refractivity contribution in [1.82, 2.24) is 5.32 Å². The Morgan fingerprint density at radius 2 is 1.95 bits per heavy atom. The first-order valence-corrected chi connectivity index (χ1v) is 6.70. The van der Waals surface area contributed by atoms with E-state index >= 15 is 0 Å². The molecule has 6 heteroatoms. The van der Waals surface area contributed by atoms with Gasteiger partial charge < -0.3 is 16.4 Å². The predicted molar refractivity (Wildman–Crippen MR) is 77.0 cm³/mol. The molecule has 1 unspecified atom stereocenters. The van der Waals surface area contributed by atoms with Gasteiger partial charge in [-0.2, -0.15) is 0 Å². The van der Waals surface area contributed by atoms with Crippen LogP contribution >= 0.6 is 0 Å². The number of urea groups is 1. The van der Waals surface area contributed by atoms with Gasteiger partial charge >= 0.3 is 6.03 Å². The molecule has 108 valence electrons. The molecule has 1 saturated carbocycles. The van der Waals surface area contributed by atoms with Crippen LogP contribution < -0.4 is 21.7 Å². The number of amides is 3. The Balaban J connectivity index is 2.17. The molecule has 6 nitrogen and oxygen atoms in total. The van der Waals surface area contributed by atoms with Crippen LogP contribution in [0.4, 0.5) is 10.5 Å². The number of hydrogen-bond donors (Lipinski definition) is 3. The van der Waals surface area contributed by atoms with Crippen molar-refractivity contribution in [1.29, 1.82) is 0 Å². The molecule has 0 saturated heterocycles. The lowest BCUT2D eigenvalue weighted by atomic mass is 10.1. The number of nitrogens with zero attached hydrogens (tertiary/aromatic N) is 1. The highest BCUT2D eigenvalue weighted by Crippen LogP contribution is 2.33. The first-order valence-electron chi connectivity index (χ1n) is 6.70. The van der Waals surface area contributed by atoms with Crippen LogP contribution in [0.15, 0.2) is 24.3 Å². The molecule has 5 N–H and O–H groups in total. The van der Waals surface area contributed by atoms with Crippen LogP contribution in [0.3, 0.4) is 0 Å². The monoisotopic (exact) mass is 276 g/mol. The van der Waals surface area contributed by atoms with E-state index in [1.54, 1.807) is 6.92 Å². The number of primary amides is 1. The number of carbonyl (C=O) groups excluding carboxylic acids is 2. The number of imide groups is 1. The number of rotatable bonds is 5. The van der Waals surface area contributed by atoms with Gasteiger partial charge in [0.05, 0.1) is 0 Å². The topological polar surface area (TPSA) is 101 Å². The van der Waals surface area contributed by atoms with Crippen molar-refractivity contribution in [3.05, 3.63) is 29.8 Å². The van der Waals surface area contributed by atoms with Gasteiger partial charge in [-0.05, 0) is 37.5 Å². The Labute approximate surface area is 118 Å². The average Bonchev–Trinajstić information content (AvgIpc) is 3.23. The highest BCUT2D eigenvalue weighted by atomic mass is 16.2. The quantitative estimate of drug-likeness (QED) is 0.736. The predicted octanol–water partition coefficient (Wildman–Crippen LogP) is 0.697. The fourth-order valence-corrected chi connectivity index (χ4v) is 2.26. The first kappa shape index (κ1) is 14.3. The summed E-state index contributed by atoms with van der Waals surface area (Å²) in [6, 6.07) is 6.87. The molecule has 3 amide bonds. The lowest BCUT2D eigenvalue weighted by molar-refractivity contribution is -0.120. The number of anilines is 1. The minimum absolute atomic E-state index is 0.340. The smallest absolute Gasteiger partial charge is 0.318 e. The van der Waals surface area contributed by atoms with Crippen LogP contribution in [0.25, 0.3) is 0 Å². The van der Waals surface area contributed by atoms with E-state index in [9.17, 15) is 9.59 Å². The molecule has 1 aliphatic rings. The number of nitrogens with one attached hydrogen (secondary N) is 1. The van der Waals surface area contributed by atoms with Gasteiger partial charge in [-0.1, -0.05) is 12.1 Å². The summed E-state index contributed by atoms with van der Waals surface area (Å²) in [5.41, 5.74) is 12.6. The van der Waals surface area contributed by atoms with E-state index in [4.69, 9.17) is 11.5 Å². The maximum Gasteiger partial charge on any atom is 0.318 e. The van der Waals surface area contributed by atoms with Crippen molar-refractivity contribution in [2.75, 3.05) is 4.90 Å². The molecule has 0 radical (unpaired) electrons. The van der Waals surface area contributed by atoms with Gasteiger partial charge in [0.1, 0.15) is 6.04 Å². The maximum absolute atomic E-state index is 11.9. The van der Waals surface area contributed by atoms with Crippen LogP contribution in [0.2, 0.25) is 0 Å². The minimum Gasteiger partial charge on any atom is -0.357 e. The SMILES string of the molecule is CC(C(=O)NC(N)=O)N(c1ccc(CN)cc1)C1CC1. The number of hydrogen-bond acceptors (Lipinski definition) is 4. The lowest BCUT2D eigenvalue weighted by Crippen LogP contribution is -2.49. The van der Waals surface area contributed by atoms with Crippen molar-refractivity contribution in [2.45, 2.75) is 38.4 Å². The summed E-state index contributed by atoms with van der Waals surface area (Å²) in [5, 5.41) is 2.14. The maximum atomic E-state index is 11.9. The second kappa shape index (κ2) is 5.92. The zero-order valence-electron chi connectivity index (χ0n) is 11.5. The third kappa shape index (κ3) is 3.27. The molecule has 0 spiro atoms. The Morgan fingerprint density at radius 3 is 2.40 bits per heavy atom. The fourth-order valence-electron chi connectivity index (χ4n) is 2.26. The summed E-state index contributed by atoms with van der Waals surface area (Å²) in [4.78, 5) is 24.8. The molecule has 0 bridgehead atoms. The molecule has 1 aromatic carbocycles. The van der Waals surface area contributed by atoms with Crippen molar-refractivity contribution >= 4 is 17.6 Å². The van der Waals surface area contributed by atoms with E-state index in [0.717, 1.165) is 24.1 Å². The highest BCUT2D eigenvalue weighted by molar-refractivity contribution is 5.97. The van der Waals surface area contributed by atoms with E-state index in [2.05, 4.69) is 5.32 Å². The normalized spacial score (nSPS) is 15.5. The van der Waals surface area contributed by atoms with Crippen LogP contribution in [-0.4, -0.2) is 24.0 Å². The Bertz CT molecular complexity index is 496. The van der Waals surface area contributed by atoms with Gasteiger partial charge in [0.2, 0.25) is 5.91 Å². The van der Waals surface area contributed by atoms with Crippen molar-refractivity contribution < 1.29 is 9.59 Å². The molecule has 0 aliphatic heterocycles. The van der Waals surface area contributed by atoms with E-state index < -0.39 is 12.1 Å². The third-order valence-electron chi connectivity index (χ3n) is 3.45. The molecular formula is C14H20N4O2. The van der Waals surface area contributed by atoms with E-state index in [-0.39, 0.29) is 5.91 Å². The Morgan fingerprint density at radius 1 is 1.35 bits per heavy atom. The summed E-state index contributed by atoms with van der Waals surface area (Å²) in [6.07, 6.45) is 2.10. The van der Waals surface area contributed by atoms with Gasteiger partial charge in [0, 0.05) is 18.3 Å². The Kier molecular flexibility index (Phi) is 4.24. The third-order valence-corrected chi connectivity index (χ3v) is 3.45. The van der Waals surface area contributed by atoms with Gasteiger partial charge in [0.15, 0.2) is 0 Å². The molecule has 20 heavy (non-hydrogen) atoms. The number of carbonyl (C=O) groups is 2. The molecule has 1 aliphatic carbocycles. The van der Waals surface area contributed by atoms with E-state index in [1.165, 1.54) is 0 Å². The van der Waals surface area contributed by atoms with Crippen LogP contribution in [-0.2, 0) is 11.3 Å². The molecule has 1 atom stereocenters. The first-order chi connectivity index (χ1) is 9.52. The van der Waals surface area contributed by atoms with Crippen molar-refractivity contribution in [2.24, 2.45) is 11.5 Å². The zero-order valence-corrected chi connectivity index (χ0v) is 11.5. The van der Waals surface area contributed by atoms with Gasteiger partial charge in [0.25, 0.3) is 0 Å². The van der Waals surface area contributed by atoms with E-state index in [1.807, 2.05) is 29.2 Å². The summed E-state index contributed by atoms with van der Waals surface area (Å²) >= 11 is 0. The summed E-state index contributed by atoms with van der Waals surface area (Å²) in [6.45, 7) is 2.26. The molecule has 0 heterocycles. The largest absolute Gasteiger partial charge is 0.357 e. The van der Waals surface area contributed by atoms with Gasteiger partial charge in [-0.25, -0.2) is 4.79 Å². The number of nitrogens with two attached hydrogens (primary N) is 2. The zero-order chi connectivity index (χ0) is 14.7. The molecule has 1 fully saturated rings. The Hall–Kier alpha value is -2.08. The molecule has 0 aromatic heterocycles. The van der Waals surface area contributed by atoms with E-state index in [0.29, 0.717) is 12.6 Å². The van der Waals surface area contributed by atoms with Crippen LogP contribution in [0, 0.1) is 0 Å². The summed E-state index contributed by atoms with van der Waals surface area (Å²) in [7, 11) is 0. The highest BCUT2D eigenvalue weighted by Gasteiger charge is 2.35. The molecule has 2 rings (SSSR count). The van der Waals surface area contributed by atoms with Crippen LogP contribution in [0.1, 0.15) is 25.3 Å². The molecule has 1 aromatic rings. The lowest BCUT2D eigenvalue weighted by Gasteiger charge is -2.30. The van der Waals surface area contributed by atoms with Gasteiger partial charge in [-0.3, -0.25) is 10.1 Å². The average molecular weight is 276 g/mol. The molecular weight excluding hydrogens is 256 g/mol. The fraction of sp³-hybridized carbons (Fsp3) is 0.429. The number of benzene rings is 1. The van der Waals surface area contributed by atoms with Gasteiger partial charge in [-0.15, -0.1) is 0 Å². The second-order valence-electron chi connectivity index (χ2n) is 5.04. The van der Waals surface area contributed by atoms with Crippen molar-refractivity contribution in [3.63, 3.8) is 0 Å². The standard InChI is InChI=1S/C14H20N4O2/c1-9(13(19)17-14(16)20)18(12-6-7-12)11-4-2-10(8-15)3-5-11/h2-5,9,12H,6-8,15H2,1H3,(H3,16,17,19,20). The summed E-state index contributed by atoms with van der Waals surface area (Å²) in [5.74, 6) is -0.382.